The van der Waals surface area contributed by atoms with Crippen LogP contribution in [0.1, 0.15) is 24.5 Å². The van der Waals surface area contributed by atoms with Crippen LogP contribution in [0.15, 0.2) is 53.9 Å². The highest BCUT2D eigenvalue weighted by atomic mass is 32.2. The molecule has 0 spiro atoms. The van der Waals surface area contributed by atoms with Crippen LogP contribution < -0.4 is 9.47 Å². The lowest BCUT2D eigenvalue weighted by Gasteiger charge is -2.32. The van der Waals surface area contributed by atoms with E-state index >= 15 is 0 Å². The van der Waals surface area contributed by atoms with E-state index in [-0.39, 0.29) is 18.9 Å². The smallest absolute Gasteiger partial charge is 0.238 e. The Morgan fingerprint density at radius 2 is 1.91 bits per heavy atom. The van der Waals surface area contributed by atoms with E-state index < -0.39 is 27.6 Å². The molecule has 9 heteroatoms. The number of hydrogen-bond donors (Lipinski definition) is 0. The first-order valence-electron chi connectivity index (χ1n) is 11.4. The Morgan fingerprint density at radius 3 is 2.63 bits per heavy atom. The first kappa shape index (κ1) is 26.4. The molecule has 1 amide bonds. The van der Waals surface area contributed by atoms with Crippen LogP contribution in [0.5, 0.6) is 11.5 Å². The molecule has 1 saturated heterocycles. The summed E-state index contributed by atoms with van der Waals surface area (Å²) in [7, 11) is -2.16. The summed E-state index contributed by atoms with van der Waals surface area (Å²) in [6.45, 7) is 2.58. The molecule has 0 saturated carbocycles. The highest BCUT2D eigenvalue weighted by Crippen LogP contribution is 2.29. The van der Waals surface area contributed by atoms with E-state index in [1.165, 1.54) is 11.0 Å². The molecular weight excluding hydrogens is 470 g/mol. The second-order valence-electron chi connectivity index (χ2n) is 8.35. The Morgan fingerprint density at radius 1 is 1.14 bits per heavy atom. The first-order chi connectivity index (χ1) is 16.8. The molecule has 1 aliphatic heterocycles. The van der Waals surface area contributed by atoms with Gasteiger partial charge < -0.3 is 23.9 Å². The number of methoxy groups -OCH3 is 1. The summed E-state index contributed by atoms with van der Waals surface area (Å²) >= 11 is 0. The molecule has 1 unspecified atom stereocenters. The number of ether oxygens (including phenoxy) is 3. The van der Waals surface area contributed by atoms with Gasteiger partial charge in [-0.05, 0) is 42.7 Å². The molecule has 0 N–H and O–H groups in total. The number of ketones is 1. The maximum absolute atomic E-state index is 12.7. The molecule has 3 rings (SSSR count). The largest absolute Gasteiger partial charge is 0.493 e. The van der Waals surface area contributed by atoms with Gasteiger partial charge in [-0.3, -0.25) is 4.79 Å². The third-order valence-electron chi connectivity index (χ3n) is 5.50. The predicted molar refractivity (Wildman–Crippen MR) is 133 cm³/mol. The normalized spacial score (nSPS) is 16.3. The van der Waals surface area contributed by atoms with Gasteiger partial charge in [0, 0.05) is 18.4 Å². The number of sulfone groups is 1. The zero-order chi connectivity index (χ0) is 25.3. The lowest BCUT2D eigenvalue weighted by Crippen LogP contribution is -2.49. The summed E-state index contributed by atoms with van der Waals surface area (Å²) in [5, 5.41) is 1.08. The number of rotatable bonds is 11. The highest BCUT2D eigenvalue weighted by Gasteiger charge is 2.27. The van der Waals surface area contributed by atoms with Gasteiger partial charge in [-0.2, -0.15) is 0 Å². The maximum atomic E-state index is 12.7. The monoisotopic (exact) mass is 501 g/mol. The molecule has 0 bridgehead atoms. The van der Waals surface area contributed by atoms with E-state index in [2.05, 4.69) is 0 Å². The van der Waals surface area contributed by atoms with Gasteiger partial charge in [0.1, 0.15) is 24.2 Å². The van der Waals surface area contributed by atoms with Crippen LogP contribution in [0.2, 0.25) is 0 Å². The van der Waals surface area contributed by atoms with Crippen molar-refractivity contribution < 1.29 is 32.2 Å². The van der Waals surface area contributed by atoms with Gasteiger partial charge >= 0.3 is 0 Å². The third kappa shape index (κ3) is 8.52. The summed E-state index contributed by atoms with van der Waals surface area (Å²) in [6.07, 6.45) is 2.16. The molecule has 2 aromatic carbocycles. The van der Waals surface area contributed by atoms with Gasteiger partial charge in [0.25, 0.3) is 0 Å². The molecule has 2 aromatic rings. The summed E-state index contributed by atoms with van der Waals surface area (Å²) in [6, 6.07) is 14.5. The number of carbonyl (C=O) groups excluding carboxylic acids is 2. The van der Waals surface area contributed by atoms with Crippen molar-refractivity contribution in [3.05, 3.63) is 65.1 Å². The fourth-order valence-electron chi connectivity index (χ4n) is 3.59. The Balaban J connectivity index is 1.54. The van der Waals surface area contributed by atoms with Crippen LogP contribution in [-0.2, 0) is 30.6 Å². The Kier molecular flexibility index (Phi) is 9.45. The maximum Gasteiger partial charge on any atom is 0.238 e. The topological polar surface area (TPSA) is 99.2 Å². The van der Waals surface area contributed by atoms with Crippen LogP contribution in [0.4, 0.5) is 0 Å². The van der Waals surface area contributed by atoms with E-state index in [1.807, 2.05) is 30.3 Å². The molecule has 188 valence electrons. The Labute approximate surface area is 206 Å². The second kappa shape index (κ2) is 12.5. The Bertz CT molecular complexity index is 1150. The fourth-order valence-corrected chi connectivity index (χ4v) is 4.58. The number of amides is 1. The van der Waals surface area contributed by atoms with Gasteiger partial charge in [-0.25, -0.2) is 8.42 Å². The number of morpholine rings is 1. The van der Waals surface area contributed by atoms with Crippen molar-refractivity contribution in [1.82, 2.24) is 4.90 Å². The number of aryl methyl sites for hydroxylation is 1. The third-order valence-corrected chi connectivity index (χ3v) is 6.70. The summed E-state index contributed by atoms with van der Waals surface area (Å²) in [5.74, 6) is 0.131. The first-order valence-corrected chi connectivity index (χ1v) is 13.1. The van der Waals surface area contributed by atoms with E-state index in [0.717, 1.165) is 16.5 Å². The lowest BCUT2D eigenvalue weighted by molar-refractivity contribution is -0.137. The molecule has 0 radical (unpaired) electrons. The molecular formula is C26H31NO7S. The van der Waals surface area contributed by atoms with Gasteiger partial charge in [-0.15, -0.1) is 0 Å². The van der Waals surface area contributed by atoms with Crippen LogP contribution in [0, 0.1) is 0 Å². The average molecular weight is 502 g/mol. The summed E-state index contributed by atoms with van der Waals surface area (Å²) in [4.78, 5) is 25.4. The molecule has 1 aliphatic rings. The van der Waals surface area contributed by atoms with E-state index in [0.29, 0.717) is 37.5 Å². The fraction of sp³-hybridized carbons (Fsp3) is 0.385. The van der Waals surface area contributed by atoms with Crippen molar-refractivity contribution in [2.24, 2.45) is 0 Å². The number of nitrogens with zero attached hydrogens (tertiary/aromatic N) is 1. The molecule has 35 heavy (non-hydrogen) atoms. The predicted octanol–water partition coefficient (Wildman–Crippen LogP) is 2.91. The molecule has 1 heterocycles. The van der Waals surface area contributed by atoms with Gasteiger partial charge in [0.2, 0.25) is 5.91 Å². The van der Waals surface area contributed by atoms with Crippen molar-refractivity contribution in [1.29, 1.82) is 0 Å². The molecule has 0 aromatic heterocycles. The SMILES string of the molecule is COc1cc(CCC(C)=O)ccc1OCC1CN(C(=O)CS(=O)(=O)C=Cc2ccccc2)CCO1. The Hall–Kier alpha value is -3.17. The zero-order valence-electron chi connectivity index (χ0n) is 20.0. The molecule has 0 aliphatic carbocycles. The van der Waals surface area contributed by atoms with Crippen LogP contribution in [0.25, 0.3) is 6.08 Å². The quantitative estimate of drug-likeness (QED) is 0.467. The summed E-state index contributed by atoms with van der Waals surface area (Å²) in [5.41, 5.74) is 1.71. The van der Waals surface area contributed by atoms with Crippen LogP contribution >= 0.6 is 0 Å². The number of benzene rings is 2. The van der Waals surface area contributed by atoms with Crippen LogP contribution in [0.3, 0.4) is 0 Å². The molecule has 1 atom stereocenters. The standard InChI is InChI=1S/C26H31NO7S/c1-20(28)8-9-22-10-11-24(25(16-22)32-2)34-18-23-17-27(13-14-33-23)26(29)19-35(30,31)15-12-21-6-4-3-5-7-21/h3-7,10-12,15-16,23H,8-9,13-14,17-19H2,1-2H3. The van der Waals surface area contributed by atoms with Gasteiger partial charge in [0.05, 0.1) is 20.3 Å². The van der Waals surface area contributed by atoms with E-state index in [4.69, 9.17) is 14.2 Å². The van der Waals surface area contributed by atoms with Crippen molar-refractivity contribution in [3.63, 3.8) is 0 Å². The summed E-state index contributed by atoms with van der Waals surface area (Å²) < 4.78 is 41.8. The number of Topliss-reactive ketones (excluding diaryl/α,β-unsaturated/α-hetero) is 1. The minimum absolute atomic E-state index is 0.123. The minimum Gasteiger partial charge on any atom is -0.493 e. The van der Waals surface area contributed by atoms with Crippen molar-refractivity contribution in [2.45, 2.75) is 25.9 Å². The van der Waals surface area contributed by atoms with E-state index in [9.17, 15) is 18.0 Å². The molecule has 8 nitrogen and oxygen atoms in total. The minimum atomic E-state index is -3.71. The zero-order valence-corrected chi connectivity index (χ0v) is 20.8. The van der Waals surface area contributed by atoms with Crippen molar-refractivity contribution in [3.8, 4) is 11.5 Å². The van der Waals surface area contributed by atoms with Crippen molar-refractivity contribution >= 4 is 27.6 Å². The van der Waals surface area contributed by atoms with Gasteiger partial charge in [0.15, 0.2) is 21.3 Å². The van der Waals surface area contributed by atoms with E-state index in [1.54, 1.807) is 32.2 Å². The van der Waals surface area contributed by atoms with Crippen LogP contribution in [-0.4, -0.2) is 70.3 Å². The lowest BCUT2D eigenvalue weighted by atomic mass is 10.1. The van der Waals surface area contributed by atoms with Crippen molar-refractivity contribution in [2.75, 3.05) is 39.2 Å². The number of carbonyl (C=O) groups is 2. The highest BCUT2D eigenvalue weighted by molar-refractivity contribution is 7.95. The number of hydrogen-bond acceptors (Lipinski definition) is 7. The molecule has 1 fully saturated rings. The second-order valence-corrected chi connectivity index (χ2v) is 10.2. The van der Waals surface area contributed by atoms with Gasteiger partial charge in [-0.1, -0.05) is 36.4 Å². The average Bonchev–Trinajstić information content (AvgIpc) is 2.85.